The quantitative estimate of drug-likeness (QED) is 0.918. The Bertz CT molecular complexity index is 446. The Morgan fingerprint density at radius 3 is 2.95 bits per heavy atom. The number of likely N-dealkylation sites (tertiary alicyclic amines) is 1. The third-order valence-corrected chi connectivity index (χ3v) is 5.02. The molecule has 0 aliphatic carbocycles. The van der Waals surface area contributed by atoms with E-state index in [9.17, 15) is 0 Å². The van der Waals surface area contributed by atoms with Crippen LogP contribution in [0, 0.1) is 0 Å². The van der Waals surface area contributed by atoms with Crippen LogP contribution in [0.5, 0.6) is 0 Å². The maximum Gasteiger partial charge on any atom is 0.157 e. The average Bonchev–Trinajstić information content (AvgIpc) is 3.06. The number of benzene rings is 1. The van der Waals surface area contributed by atoms with Gasteiger partial charge in [0.2, 0.25) is 0 Å². The number of likely N-dealkylation sites (N-methyl/N-ethyl adjacent to an activating group) is 1. The maximum atomic E-state index is 4.76. The minimum atomic E-state index is 0.422. The molecule has 1 aromatic carbocycles. The largest absolute Gasteiger partial charge is 0.357 e. The fourth-order valence-corrected chi connectivity index (χ4v) is 3.74. The van der Waals surface area contributed by atoms with Gasteiger partial charge in [-0.25, -0.2) is 0 Å². The van der Waals surface area contributed by atoms with E-state index in [1.165, 1.54) is 24.9 Å². The fraction of sp³-hybridized carbons (Fsp3) is 0.533. The molecule has 1 N–H and O–H groups in total. The number of hydrogen-bond acceptors (Lipinski definition) is 3. The van der Waals surface area contributed by atoms with Crippen LogP contribution in [0.1, 0.15) is 24.4 Å². The smallest absolute Gasteiger partial charge is 0.157 e. The highest BCUT2D eigenvalue weighted by Crippen LogP contribution is 2.26. The van der Waals surface area contributed by atoms with E-state index in [-0.39, 0.29) is 0 Å². The first-order valence-corrected chi connectivity index (χ1v) is 8.00. The van der Waals surface area contributed by atoms with Gasteiger partial charge in [0, 0.05) is 11.8 Å². The molecule has 2 fully saturated rings. The van der Waals surface area contributed by atoms with Crippen LogP contribution in [-0.4, -0.2) is 42.0 Å². The molecule has 1 aromatic rings. The molecule has 0 amide bonds. The third-order valence-electron chi connectivity index (χ3n) is 4.00. The predicted octanol–water partition coefficient (Wildman–Crippen LogP) is 2.51. The first-order chi connectivity index (χ1) is 9.33. The lowest BCUT2D eigenvalue weighted by Crippen LogP contribution is -2.28. The van der Waals surface area contributed by atoms with Gasteiger partial charge < -0.3 is 10.2 Å². The molecule has 0 aromatic heterocycles. The molecule has 2 aliphatic rings. The molecule has 2 atom stereocenters. The van der Waals surface area contributed by atoms with Gasteiger partial charge in [0.05, 0.1) is 12.6 Å². The highest BCUT2D eigenvalue weighted by molar-refractivity contribution is 8.14. The number of thioether (sulfide) groups is 1. The molecule has 3 rings (SSSR count). The van der Waals surface area contributed by atoms with Crippen molar-refractivity contribution in [2.24, 2.45) is 4.99 Å². The van der Waals surface area contributed by atoms with Crippen molar-refractivity contribution in [1.82, 2.24) is 10.2 Å². The molecule has 2 saturated heterocycles. The monoisotopic (exact) mass is 275 g/mol. The summed E-state index contributed by atoms with van der Waals surface area (Å²) in [6.45, 7) is 2.16. The van der Waals surface area contributed by atoms with E-state index in [0.717, 1.165) is 17.5 Å². The third kappa shape index (κ3) is 3.12. The summed E-state index contributed by atoms with van der Waals surface area (Å²) in [5.74, 6) is 1.09. The van der Waals surface area contributed by atoms with Crippen molar-refractivity contribution in [3.63, 3.8) is 0 Å². The summed E-state index contributed by atoms with van der Waals surface area (Å²) in [6, 6.07) is 11.7. The van der Waals surface area contributed by atoms with Crippen molar-refractivity contribution >= 4 is 16.9 Å². The van der Waals surface area contributed by atoms with Crippen LogP contribution in [0.4, 0.5) is 0 Å². The Hall–Kier alpha value is -1.00. The minimum absolute atomic E-state index is 0.422. The molecule has 102 valence electrons. The summed E-state index contributed by atoms with van der Waals surface area (Å²) >= 11 is 1.85. The van der Waals surface area contributed by atoms with Crippen molar-refractivity contribution in [3.8, 4) is 0 Å². The second-order valence-corrected chi connectivity index (χ2v) is 6.35. The van der Waals surface area contributed by atoms with Gasteiger partial charge >= 0.3 is 0 Å². The van der Waals surface area contributed by atoms with E-state index in [4.69, 9.17) is 4.99 Å². The summed E-state index contributed by atoms with van der Waals surface area (Å²) in [7, 11) is 2.21. The zero-order valence-corrected chi connectivity index (χ0v) is 12.2. The summed E-state index contributed by atoms with van der Waals surface area (Å²) < 4.78 is 0. The first-order valence-electron chi connectivity index (χ1n) is 7.02. The standard InChI is InChI=1S/C15H21N3S/c1-18-9-5-8-13(18)10-16-15-17-14(11-19-15)12-6-3-2-4-7-12/h2-4,6-7,13-14H,5,8-11H2,1H3,(H,16,17). The number of amidine groups is 1. The Balaban J connectivity index is 1.57. The van der Waals surface area contributed by atoms with E-state index < -0.39 is 0 Å². The van der Waals surface area contributed by atoms with Crippen LogP contribution >= 0.6 is 11.8 Å². The van der Waals surface area contributed by atoms with E-state index in [1.807, 2.05) is 11.8 Å². The van der Waals surface area contributed by atoms with Gasteiger partial charge in [0.25, 0.3) is 0 Å². The van der Waals surface area contributed by atoms with E-state index in [0.29, 0.717) is 12.1 Å². The molecule has 0 spiro atoms. The first kappa shape index (κ1) is 13.0. The van der Waals surface area contributed by atoms with Gasteiger partial charge in [0.1, 0.15) is 0 Å². The Morgan fingerprint density at radius 2 is 2.21 bits per heavy atom. The summed E-state index contributed by atoms with van der Waals surface area (Å²) in [5, 5.41) is 4.66. The summed E-state index contributed by atoms with van der Waals surface area (Å²) in [5.41, 5.74) is 1.36. The Morgan fingerprint density at radius 1 is 1.37 bits per heavy atom. The normalized spacial score (nSPS) is 29.8. The van der Waals surface area contributed by atoms with Crippen LogP contribution in [0.2, 0.25) is 0 Å². The highest BCUT2D eigenvalue weighted by Gasteiger charge is 2.23. The summed E-state index contributed by atoms with van der Waals surface area (Å²) in [6.07, 6.45) is 2.61. The molecule has 19 heavy (non-hydrogen) atoms. The fourth-order valence-electron chi connectivity index (χ4n) is 2.75. The van der Waals surface area contributed by atoms with Crippen molar-refractivity contribution in [2.75, 3.05) is 25.9 Å². The second-order valence-electron chi connectivity index (χ2n) is 5.34. The highest BCUT2D eigenvalue weighted by atomic mass is 32.2. The Labute approximate surface area is 119 Å². The molecule has 0 saturated carbocycles. The molecule has 3 nitrogen and oxygen atoms in total. The minimum Gasteiger partial charge on any atom is -0.357 e. The van der Waals surface area contributed by atoms with Crippen LogP contribution in [0.3, 0.4) is 0 Å². The number of nitrogens with zero attached hydrogens (tertiary/aromatic N) is 2. The molecule has 4 heteroatoms. The average molecular weight is 275 g/mol. The maximum absolute atomic E-state index is 4.76. The number of rotatable bonds is 3. The zero-order chi connectivity index (χ0) is 13.1. The van der Waals surface area contributed by atoms with Crippen molar-refractivity contribution < 1.29 is 0 Å². The van der Waals surface area contributed by atoms with E-state index in [1.54, 1.807) is 0 Å². The van der Waals surface area contributed by atoms with Gasteiger partial charge in [-0.1, -0.05) is 42.1 Å². The number of nitrogens with one attached hydrogen (secondary N) is 1. The van der Waals surface area contributed by atoms with Gasteiger partial charge in [-0.15, -0.1) is 0 Å². The molecule has 2 heterocycles. The van der Waals surface area contributed by atoms with Crippen molar-refractivity contribution in [3.05, 3.63) is 35.9 Å². The second kappa shape index (κ2) is 5.97. The Kier molecular flexibility index (Phi) is 4.09. The summed E-state index contributed by atoms with van der Waals surface area (Å²) in [4.78, 5) is 7.19. The van der Waals surface area contributed by atoms with Gasteiger partial charge in [0.15, 0.2) is 5.17 Å². The number of aliphatic imine (C=N–C) groups is 1. The molecular formula is C15H21N3S. The number of hydrogen-bond donors (Lipinski definition) is 1. The SMILES string of the molecule is CN1CCCC1CN=C1NC(c2ccccc2)CS1. The lowest BCUT2D eigenvalue weighted by atomic mass is 10.1. The van der Waals surface area contributed by atoms with Crippen LogP contribution < -0.4 is 5.32 Å². The molecule has 2 unspecified atom stereocenters. The van der Waals surface area contributed by atoms with Crippen LogP contribution in [0.15, 0.2) is 35.3 Å². The predicted molar refractivity (Wildman–Crippen MR) is 82.7 cm³/mol. The van der Waals surface area contributed by atoms with Crippen molar-refractivity contribution in [1.29, 1.82) is 0 Å². The topological polar surface area (TPSA) is 27.6 Å². The van der Waals surface area contributed by atoms with Gasteiger partial charge in [-0.2, -0.15) is 0 Å². The lowest BCUT2D eigenvalue weighted by molar-refractivity contribution is 0.317. The zero-order valence-electron chi connectivity index (χ0n) is 11.4. The van der Waals surface area contributed by atoms with Crippen molar-refractivity contribution in [2.45, 2.75) is 24.9 Å². The lowest BCUT2D eigenvalue weighted by Gasteiger charge is -2.17. The molecule has 2 aliphatic heterocycles. The molecule has 0 radical (unpaired) electrons. The van der Waals surface area contributed by atoms with Crippen LogP contribution in [-0.2, 0) is 0 Å². The van der Waals surface area contributed by atoms with Gasteiger partial charge in [-0.3, -0.25) is 4.99 Å². The van der Waals surface area contributed by atoms with E-state index in [2.05, 4.69) is 47.6 Å². The van der Waals surface area contributed by atoms with Crippen LogP contribution in [0.25, 0.3) is 0 Å². The molecular weight excluding hydrogens is 254 g/mol. The van der Waals surface area contributed by atoms with E-state index >= 15 is 0 Å². The van der Waals surface area contributed by atoms with Gasteiger partial charge in [-0.05, 0) is 32.0 Å². The molecule has 0 bridgehead atoms.